The summed E-state index contributed by atoms with van der Waals surface area (Å²) >= 11 is 6.01. The fourth-order valence-corrected chi connectivity index (χ4v) is 2.77. The van der Waals surface area contributed by atoms with Crippen molar-refractivity contribution < 1.29 is 0 Å². The van der Waals surface area contributed by atoms with Crippen LogP contribution in [0.2, 0.25) is 5.02 Å². The highest BCUT2D eigenvalue weighted by Gasteiger charge is 2.04. The number of anilines is 1. The molecule has 0 unspecified atom stereocenters. The fourth-order valence-electron chi connectivity index (χ4n) is 2.59. The summed E-state index contributed by atoms with van der Waals surface area (Å²) in [7, 11) is 0. The molecule has 5 nitrogen and oxygen atoms in total. The highest BCUT2D eigenvalue weighted by Crippen LogP contribution is 2.19. The second kappa shape index (κ2) is 5.44. The van der Waals surface area contributed by atoms with Gasteiger partial charge in [-0.1, -0.05) is 11.6 Å². The molecule has 4 aromatic rings. The molecule has 0 aliphatic carbocycles. The third-order valence-corrected chi connectivity index (χ3v) is 4.02. The van der Waals surface area contributed by atoms with Crippen molar-refractivity contribution >= 4 is 39.2 Å². The summed E-state index contributed by atoms with van der Waals surface area (Å²) in [5.74, 6) is 0. The minimum Gasteiger partial charge on any atom is -0.381 e. The van der Waals surface area contributed by atoms with Gasteiger partial charge < -0.3 is 15.3 Å². The number of rotatable bonds is 3. The van der Waals surface area contributed by atoms with Crippen molar-refractivity contribution in [1.82, 2.24) is 15.0 Å². The second-order valence-electron chi connectivity index (χ2n) is 5.34. The maximum Gasteiger partial charge on any atom is 0.253 e. The lowest BCUT2D eigenvalue weighted by molar-refractivity contribution is 1.09. The van der Waals surface area contributed by atoms with Gasteiger partial charge in [0.2, 0.25) is 0 Å². The van der Waals surface area contributed by atoms with E-state index < -0.39 is 0 Å². The van der Waals surface area contributed by atoms with E-state index in [-0.39, 0.29) is 5.56 Å². The number of aromatic amines is 2. The number of nitrogens with one attached hydrogen (secondary N) is 3. The Morgan fingerprint density at radius 1 is 1.09 bits per heavy atom. The minimum atomic E-state index is -0.104. The van der Waals surface area contributed by atoms with Gasteiger partial charge in [0, 0.05) is 33.7 Å². The van der Waals surface area contributed by atoms with Crippen LogP contribution in [0.1, 0.15) is 5.56 Å². The van der Waals surface area contributed by atoms with Gasteiger partial charge in [0.1, 0.15) is 0 Å². The van der Waals surface area contributed by atoms with Gasteiger partial charge in [-0.2, -0.15) is 0 Å². The average Bonchev–Trinajstić information content (AvgIpc) is 3.01. The summed E-state index contributed by atoms with van der Waals surface area (Å²) in [6, 6.07) is 13.1. The van der Waals surface area contributed by atoms with Crippen LogP contribution in [-0.4, -0.2) is 15.0 Å². The monoisotopic (exact) mass is 324 g/mol. The van der Waals surface area contributed by atoms with Crippen LogP contribution in [0, 0.1) is 0 Å². The van der Waals surface area contributed by atoms with Gasteiger partial charge in [-0.15, -0.1) is 0 Å². The Bertz CT molecular complexity index is 1070. The molecule has 4 rings (SSSR count). The molecular weight excluding hydrogens is 312 g/mol. The third-order valence-electron chi connectivity index (χ3n) is 3.79. The zero-order valence-corrected chi connectivity index (χ0v) is 12.8. The van der Waals surface area contributed by atoms with E-state index in [0.717, 1.165) is 27.6 Å². The molecule has 114 valence electrons. The number of nitrogens with zero attached hydrogens (tertiary/aromatic N) is 1. The molecule has 23 heavy (non-hydrogen) atoms. The predicted molar refractivity (Wildman–Crippen MR) is 93.0 cm³/mol. The van der Waals surface area contributed by atoms with E-state index in [9.17, 15) is 4.79 Å². The lowest BCUT2D eigenvalue weighted by atomic mass is 10.1. The van der Waals surface area contributed by atoms with Crippen LogP contribution < -0.4 is 10.9 Å². The number of imidazole rings is 1. The number of pyridine rings is 1. The highest BCUT2D eigenvalue weighted by molar-refractivity contribution is 6.31. The van der Waals surface area contributed by atoms with E-state index in [1.165, 1.54) is 0 Å². The maximum atomic E-state index is 12.2. The van der Waals surface area contributed by atoms with Crippen molar-refractivity contribution in [2.45, 2.75) is 6.54 Å². The van der Waals surface area contributed by atoms with Crippen molar-refractivity contribution in [3.8, 4) is 0 Å². The van der Waals surface area contributed by atoms with Gasteiger partial charge in [-0.25, -0.2) is 4.98 Å². The first-order chi connectivity index (χ1) is 11.2. The van der Waals surface area contributed by atoms with Crippen LogP contribution in [-0.2, 0) is 6.54 Å². The van der Waals surface area contributed by atoms with Gasteiger partial charge in [0.05, 0.1) is 17.4 Å². The molecule has 0 amide bonds. The molecule has 2 heterocycles. The van der Waals surface area contributed by atoms with E-state index in [2.05, 4.69) is 20.3 Å². The average molecular weight is 325 g/mol. The van der Waals surface area contributed by atoms with Crippen molar-refractivity contribution in [2.24, 2.45) is 0 Å². The molecule has 0 aliphatic rings. The van der Waals surface area contributed by atoms with E-state index >= 15 is 0 Å². The van der Waals surface area contributed by atoms with Crippen molar-refractivity contribution in [2.75, 3.05) is 5.32 Å². The predicted octanol–water partition coefficient (Wildman–Crippen LogP) is 3.67. The van der Waals surface area contributed by atoms with Crippen LogP contribution >= 0.6 is 11.6 Å². The molecule has 0 spiro atoms. The van der Waals surface area contributed by atoms with Crippen LogP contribution in [0.5, 0.6) is 0 Å². The molecule has 6 heteroatoms. The first kappa shape index (κ1) is 13.8. The summed E-state index contributed by atoms with van der Waals surface area (Å²) in [6.45, 7) is 0.424. The first-order valence-electron chi connectivity index (χ1n) is 7.17. The normalized spacial score (nSPS) is 11.2. The highest BCUT2D eigenvalue weighted by atomic mass is 35.5. The van der Waals surface area contributed by atoms with E-state index in [1.807, 2.05) is 36.4 Å². The number of hydrogen-bond acceptors (Lipinski definition) is 3. The molecule has 0 bridgehead atoms. The minimum absolute atomic E-state index is 0.104. The molecule has 0 saturated carbocycles. The van der Waals surface area contributed by atoms with Gasteiger partial charge in [-0.05, 0) is 42.5 Å². The molecule has 0 radical (unpaired) electrons. The molecule has 2 aromatic heterocycles. The number of halogens is 1. The van der Waals surface area contributed by atoms with Crippen molar-refractivity contribution in [3.63, 3.8) is 0 Å². The van der Waals surface area contributed by atoms with Crippen molar-refractivity contribution in [1.29, 1.82) is 0 Å². The van der Waals surface area contributed by atoms with Gasteiger partial charge in [-0.3, -0.25) is 4.79 Å². The Kier molecular flexibility index (Phi) is 3.28. The van der Waals surface area contributed by atoms with E-state index in [1.54, 1.807) is 12.4 Å². The van der Waals surface area contributed by atoms with Gasteiger partial charge in [0.15, 0.2) is 0 Å². The summed E-state index contributed by atoms with van der Waals surface area (Å²) in [5, 5.41) is 4.82. The Balaban J connectivity index is 1.63. The number of H-pyrrole nitrogens is 2. The smallest absolute Gasteiger partial charge is 0.253 e. The second-order valence-corrected chi connectivity index (χ2v) is 5.78. The summed E-state index contributed by atoms with van der Waals surface area (Å²) in [4.78, 5) is 22.3. The summed E-state index contributed by atoms with van der Waals surface area (Å²) in [5.41, 5.74) is 4.11. The zero-order chi connectivity index (χ0) is 15.8. The number of benzene rings is 2. The third kappa shape index (κ3) is 2.66. The topological polar surface area (TPSA) is 73.6 Å². The largest absolute Gasteiger partial charge is 0.381 e. The first-order valence-corrected chi connectivity index (χ1v) is 7.55. The van der Waals surface area contributed by atoms with Crippen LogP contribution in [0.4, 0.5) is 5.69 Å². The SMILES string of the molecule is O=c1[nH]c2ccc(Cl)cc2cc1CNc1ccc2[nH]cnc2c1. The molecule has 0 saturated heterocycles. The molecule has 0 aliphatic heterocycles. The van der Waals surface area contributed by atoms with E-state index in [0.29, 0.717) is 17.1 Å². The molecule has 3 N–H and O–H groups in total. The fraction of sp³-hybridized carbons (Fsp3) is 0.0588. The van der Waals surface area contributed by atoms with Gasteiger partial charge in [0.25, 0.3) is 5.56 Å². The lowest BCUT2D eigenvalue weighted by Gasteiger charge is -2.07. The maximum absolute atomic E-state index is 12.2. The molecule has 0 atom stereocenters. The molecular formula is C17H13ClN4O. The molecule has 2 aromatic carbocycles. The number of aromatic nitrogens is 3. The summed E-state index contributed by atoms with van der Waals surface area (Å²) < 4.78 is 0. The van der Waals surface area contributed by atoms with E-state index in [4.69, 9.17) is 11.6 Å². The Hall–Kier alpha value is -2.79. The van der Waals surface area contributed by atoms with Crippen LogP contribution in [0.3, 0.4) is 0 Å². The summed E-state index contributed by atoms with van der Waals surface area (Å²) in [6.07, 6.45) is 1.66. The standard InChI is InChI=1S/C17H13ClN4O/c18-12-1-3-14-10(6-12)5-11(17(23)22-14)8-19-13-2-4-15-16(7-13)21-9-20-15/h1-7,9,19H,8H2,(H,20,21)(H,22,23). The number of hydrogen-bond donors (Lipinski definition) is 3. The Morgan fingerprint density at radius 2 is 1.96 bits per heavy atom. The quantitative estimate of drug-likeness (QED) is 0.538. The Labute approximate surface area is 136 Å². The lowest BCUT2D eigenvalue weighted by Crippen LogP contribution is -2.15. The molecule has 0 fully saturated rings. The van der Waals surface area contributed by atoms with Crippen molar-refractivity contribution in [3.05, 3.63) is 69.7 Å². The Morgan fingerprint density at radius 3 is 2.87 bits per heavy atom. The van der Waals surface area contributed by atoms with Gasteiger partial charge >= 0.3 is 0 Å². The van der Waals surface area contributed by atoms with Crippen LogP contribution in [0.25, 0.3) is 21.9 Å². The number of fused-ring (bicyclic) bond motifs is 2. The van der Waals surface area contributed by atoms with Crippen LogP contribution in [0.15, 0.2) is 53.6 Å². The zero-order valence-electron chi connectivity index (χ0n) is 12.1.